The van der Waals surface area contributed by atoms with Crippen molar-refractivity contribution < 1.29 is 4.79 Å². The summed E-state index contributed by atoms with van der Waals surface area (Å²) in [6.07, 6.45) is 2.08. The predicted octanol–water partition coefficient (Wildman–Crippen LogP) is 4.12. The minimum Gasteiger partial charge on any atom is -0.356 e. The number of para-hydroxylation sites is 3. The smallest absolute Gasteiger partial charge is 0.220 e. The molecule has 0 saturated heterocycles. The first kappa shape index (κ1) is 17.2. The average molecular weight is 335 g/mol. The fourth-order valence-electron chi connectivity index (χ4n) is 2.92. The molecule has 0 aliphatic heterocycles. The molecule has 1 N–H and O–H groups in total. The van der Waals surface area contributed by atoms with Crippen molar-refractivity contribution >= 4 is 16.9 Å². The number of aryl methyl sites for hydroxylation is 1. The predicted molar refractivity (Wildman–Crippen MR) is 102 cm³/mol. The summed E-state index contributed by atoms with van der Waals surface area (Å²) in [5.41, 5.74) is 3.11. The summed E-state index contributed by atoms with van der Waals surface area (Å²) < 4.78 is 2.15. The Morgan fingerprint density at radius 3 is 2.56 bits per heavy atom. The zero-order chi connectivity index (χ0) is 17.6. The van der Waals surface area contributed by atoms with Crippen molar-refractivity contribution in [3.63, 3.8) is 0 Å². The Hall–Kier alpha value is -2.62. The van der Waals surface area contributed by atoms with E-state index in [2.05, 4.69) is 41.9 Å². The maximum Gasteiger partial charge on any atom is 0.220 e. The number of carbonyl (C=O) groups is 1. The van der Waals surface area contributed by atoms with Gasteiger partial charge in [-0.1, -0.05) is 44.2 Å². The Balaban J connectivity index is 1.78. The molecule has 1 heterocycles. The third kappa shape index (κ3) is 4.27. The van der Waals surface area contributed by atoms with E-state index in [0.717, 1.165) is 35.5 Å². The van der Waals surface area contributed by atoms with Crippen molar-refractivity contribution in [2.45, 2.75) is 33.1 Å². The van der Waals surface area contributed by atoms with Gasteiger partial charge in [0.15, 0.2) is 0 Å². The van der Waals surface area contributed by atoms with Crippen LogP contribution in [-0.4, -0.2) is 22.0 Å². The number of amides is 1. The van der Waals surface area contributed by atoms with Gasteiger partial charge in [0.2, 0.25) is 5.91 Å². The molecular formula is C21H25N3O. The van der Waals surface area contributed by atoms with E-state index in [1.165, 1.54) is 0 Å². The maximum atomic E-state index is 12.1. The van der Waals surface area contributed by atoms with Crippen LogP contribution in [0, 0.1) is 5.92 Å². The number of carbonyl (C=O) groups excluding carboxylic acids is 1. The maximum absolute atomic E-state index is 12.1. The summed E-state index contributed by atoms with van der Waals surface area (Å²) in [5, 5.41) is 3.00. The van der Waals surface area contributed by atoms with Gasteiger partial charge >= 0.3 is 0 Å². The summed E-state index contributed by atoms with van der Waals surface area (Å²) in [7, 11) is 0. The van der Waals surface area contributed by atoms with Crippen LogP contribution in [0.25, 0.3) is 16.7 Å². The van der Waals surface area contributed by atoms with Crippen molar-refractivity contribution in [3.05, 3.63) is 60.4 Å². The van der Waals surface area contributed by atoms with E-state index in [4.69, 9.17) is 4.98 Å². The monoisotopic (exact) mass is 335 g/mol. The summed E-state index contributed by atoms with van der Waals surface area (Å²) in [5.74, 6) is 1.61. The van der Waals surface area contributed by atoms with E-state index in [1.807, 2.05) is 36.4 Å². The lowest BCUT2D eigenvalue weighted by molar-refractivity contribution is -0.121. The number of nitrogens with zero attached hydrogens (tertiary/aromatic N) is 2. The zero-order valence-corrected chi connectivity index (χ0v) is 14.9. The number of aromatic nitrogens is 2. The molecule has 0 aliphatic rings. The van der Waals surface area contributed by atoms with Crippen LogP contribution in [0.5, 0.6) is 0 Å². The van der Waals surface area contributed by atoms with Gasteiger partial charge in [-0.05, 0) is 36.6 Å². The average Bonchev–Trinajstić information content (AvgIpc) is 2.99. The van der Waals surface area contributed by atoms with Crippen molar-refractivity contribution in [3.8, 4) is 5.69 Å². The zero-order valence-electron chi connectivity index (χ0n) is 14.9. The minimum absolute atomic E-state index is 0.0901. The largest absolute Gasteiger partial charge is 0.356 e. The van der Waals surface area contributed by atoms with E-state index in [9.17, 15) is 4.79 Å². The Bertz CT molecular complexity index is 837. The highest BCUT2D eigenvalue weighted by Gasteiger charge is 2.13. The summed E-state index contributed by atoms with van der Waals surface area (Å²) in [6, 6.07) is 18.3. The van der Waals surface area contributed by atoms with E-state index in [0.29, 0.717) is 18.8 Å². The minimum atomic E-state index is 0.0901. The third-order valence-electron chi connectivity index (χ3n) is 4.26. The van der Waals surface area contributed by atoms with Crippen molar-refractivity contribution in [1.29, 1.82) is 0 Å². The highest BCUT2D eigenvalue weighted by atomic mass is 16.1. The lowest BCUT2D eigenvalue weighted by Crippen LogP contribution is -2.25. The molecule has 130 valence electrons. The molecule has 4 heteroatoms. The van der Waals surface area contributed by atoms with Gasteiger partial charge in [0.05, 0.1) is 11.0 Å². The quantitative estimate of drug-likeness (QED) is 0.706. The molecule has 4 nitrogen and oxygen atoms in total. The first-order valence-electron chi connectivity index (χ1n) is 8.93. The van der Waals surface area contributed by atoms with Crippen molar-refractivity contribution in [1.82, 2.24) is 14.9 Å². The van der Waals surface area contributed by atoms with Crippen LogP contribution in [0.1, 0.15) is 32.5 Å². The van der Waals surface area contributed by atoms with Crippen molar-refractivity contribution in [2.24, 2.45) is 5.92 Å². The van der Waals surface area contributed by atoms with Gasteiger partial charge in [0.1, 0.15) is 5.82 Å². The second-order valence-corrected chi connectivity index (χ2v) is 6.72. The molecule has 0 aliphatic carbocycles. The molecule has 1 aromatic heterocycles. The lowest BCUT2D eigenvalue weighted by atomic mass is 10.1. The number of rotatable bonds is 7. The van der Waals surface area contributed by atoms with Crippen LogP contribution in [0.15, 0.2) is 54.6 Å². The van der Waals surface area contributed by atoms with Crippen LogP contribution in [-0.2, 0) is 11.2 Å². The molecule has 0 atom stereocenters. The van der Waals surface area contributed by atoms with Crippen LogP contribution in [0.2, 0.25) is 0 Å². The van der Waals surface area contributed by atoms with Crippen LogP contribution < -0.4 is 5.32 Å². The SMILES string of the molecule is CC(C)CCNC(=O)CCc1nc2ccccc2n1-c1ccccc1. The van der Waals surface area contributed by atoms with Gasteiger partial charge in [-0.2, -0.15) is 0 Å². The molecule has 0 radical (unpaired) electrons. The summed E-state index contributed by atoms with van der Waals surface area (Å²) in [4.78, 5) is 16.9. The first-order chi connectivity index (χ1) is 12.1. The van der Waals surface area contributed by atoms with Crippen LogP contribution in [0.4, 0.5) is 0 Å². The lowest BCUT2D eigenvalue weighted by Gasteiger charge is -2.10. The number of benzene rings is 2. The molecule has 0 unspecified atom stereocenters. The number of fused-ring (bicyclic) bond motifs is 1. The normalized spacial score (nSPS) is 11.2. The molecule has 3 aromatic rings. The Morgan fingerprint density at radius 2 is 1.80 bits per heavy atom. The molecule has 2 aromatic carbocycles. The molecule has 0 fully saturated rings. The van der Waals surface area contributed by atoms with Gasteiger partial charge in [0, 0.05) is 25.1 Å². The second kappa shape index (κ2) is 7.97. The Kier molecular flexibility index (Phi) is 5.49. The summed E-state index contributed by atoms with van der Waals surface area (Å²) >= 11 is 0. The van der Waals surface area contributed by atoms with E-state index in [-0.39, 0.29) is 5.91 Å². The number of imidazole rings is 1. The van der Waals surface area contributed by atoms with Crippen LogP contribution >= 0.6 is 0 Å². The van der Waals surface area contributed by atoms with Gasteiger partial charge < -0.3 is 5.32 Å². The highest BCUT2D eigenvalue weighted by molar-refractivity contribution is 5.79. The van der Waals surface area contributed by atoms with E-state index < -0.39 is 0 Å². The fourth-order valence-corrected chi connectivity index (χ4v) is 2.92. The van der Waals surface area contributed by atoms with E-state index in [1.54, 1.807) is 0 Å². The van der Waals surface area contributed by atoms with Gasteiger partial charge in [-0.3, -0.25) is 9.36 Å². The molecular weight excluding hydrogens is 310 g/mol. The second-order valence-electron chi connectivity index (χ2n) is 6.72. The standard InChI is InChI=1S/C21H25N3O/c1-16(2)14-15-22-21(25)13-12-20-23-18-10-6-7-11-19(18)24(20)17-8-4-3-5-9-17/h3-11,16H,12-15H2,1-2H3,(H,22,25). The van der Waals surface area contributed by atoms with Gasteiger partial charge in [0.25, 0.3) is 0 Å². The molecule has 0 bridgehead atoms. The fraction of sp³-hybridized carbons (Fsp3) is 0.333. The molecule has 0 spiro atoms. The first-order valence-corrected chi connectivity index (χ1v) is 8.93. The highest BCUT2D eigenvalue weighted by Crippen LogP contribution is 2.22. The molecule has 3 rings (SSSR count). The molecule has 25 heavy (non-hydrogen) atoms. The number of hydrogen-bond acceptors (Lipinski definition) is 2. The molecule has 0 saturated carbocycles. The Morgan fingerprint density at radius 1 is 1.08 bits per heavy atom. The van der Waals surface area contributed by atoms with Crippen LogP contribution in [0.3, 0.4) is 0 Å². The van der Waals surface area contributed by atoms with Gasteiger partial charge in [-0.15, -0.1) is 0 Å². The van der Waals surface area contributed by atoms with Crippen molar-refractivity contribution in [2.75, 3.05) is 6.54 Å². The topological polar surface area (TPSA) is 46.9 Å². The number of nitrogens with one attached hydrogen (secondary N) is 1. The third-order valence-corrected chi connectivity index (χ3v) is 4.26. The van der Waals surface area contributed by atoms with Gasteiger partial charge in [-0.25, -0.2) is 4.98 Å². The number of hydrogen-bond donors (Lipinski definition) is 1. The summed E-state index contributed by atoms with van der Waals surface area (Å²) in [6.45, 7) is 5.06. The Labute approximate surface area is 148 Å². The molecule has 1 amide bonds. The van der Waals surface area contributed by atoms with E-state index >= 15 is 0 Å².